The van der Waals surface area contributed by atoms with E-state index in [1.807, 2.05) is 27.7 Å². The third-order valence-corrected chi connectivity index (χ3v) is 4.36. The van der Waals surface area contributed by atoms with Gasteiger partial charge in [0.05, 0.1) is 12.2 Å². The Kier molecular flexibility index (Phi) is 20.8. The van der Waals surface area contributed by atoms with Crippen LogP contribution in [0.2, 0.25) is 0 Å². The molecule has 0 aromatic carbocycles. The minimum absolute atomic E-state index is 0.265. The highest BCUT2D eigenvalue weighted by atomic mass is 16.3. The maximum atomic E-state index is 9.45. The van der Waals surface area contributed by atoms with E-state index in [4.69, 9.17) is 10.2 Å². The average Bonchev–Trinajstić information content (AvgIpc) is 2.55. The molecule has 24 heavy (non-hydrogen) atoms. The molecule has 4 heteroatoms. The van der Waals surface area contributed by atoms with Crippen LogP contribution in [0.4, 0.5) is 0 Å². The summed E-state index contributed by atoms with van der Waals surface area (Å²) in [6.07, 6.45) is 10.2. The van der Waals surface area contributed by atoms with Gasteiger partial charge in [0.2, 0.25) is 0 Å². The van der Waals surface area contributed by atoms with Gasteiger partial charge in [-0.15, -0.1) is 0 Å². The van der Waals surface area contributed by atoms with Gasteiger partial charge in [0, 0.05) is 13.2 Å². The highest BCUT2D eigenvalue weighted by Crippen LogP contribution is 2.13. The zero-order chi connectivity index (χ0) is 18.8. The van der Waals surface area contributed by atoms with Crippen LogP contribution in [0.25, 0.3) is 0 Å². The third kappa shape index (κ3) is 19.9. The summed E-state index contributed by atoms with van der Waals surface area (Å²) in [5, 5.41) is 35.9. The van der Waals surface area contributed by atoms with Crippen molar-refractivity contribution in [2.75, 3.05) is 13.2 Å². The molecule has 0 aliphatic rings. The second-order valence-electron chi connectivity index (χ2n) is 7.48. The van der Waals surface area contributed by atoms with E-state index < -0.39 is 0 Å². The Labute approximate surface area is 150 Å². The van der Waals surface area contributed by atoms with E-state index in [1.165, 1.54) is 25.7 Å². The molecule has 148 valence electrons. The van der Waals surface area contributed by atoms with Crippen LogP contribution in [0.3, 0.4) is 0 Å². The average molecular weight is 349 g/mol. The molecule has 0 aromatic heterocycles. The first-order valence-electron chi connectivity index (χ1n) is 9.94. The Balaban J connectivity index is 0. The van der Waals surface area contributed by atoms with Crippen molar-refractivity contribution < 1.29 is 20.4 Å². The first-order valence-corrected chi connectivity index (χ1v) is 9.94. The van der Waals surface area contributed by atoms with Crippen molar-refractivity contribution in [1.29, 1.82) is 0 Å². The predicted octanol–water partition coefficient (Wildman–Crippen LogP) is 3.89. The molecule has 0 aliphatic heterocycles. The summed E-state index contributed by atoms with van der Waals surface area (Å²) < 4.78 is 0. The molecule has 0 spiro atoms. The Hall–Kier alpha value is -0.160. The molecule has 0 bridgehead atoms. The fourth-order valence-electron chi connectivity index (χ4n) is 2.29. The number of rotatable bonds is 14. The molecule has 0 rings (SSSR count). The van der Waals surface area contributed by atoms with Crippen LogP contribution in [0.5, 0.6) is 0 Å². The van der Waals surface area contributed by atoms with Gasteiger partial charge >= 0.3 is 0 Å². The van der Waals surface area contributed by atoms with Crippen LogP contribution in [0.1, 0.15) is 91.9 Å². The van der Waals surface area contributed by atoms with Crippen molar-refractivity contribution >= 4 is 0 Å². The first-order chi connectivity index (χ1) is 11.4. The smallest absolute Gasteiger partial charge is 0.0564 e. The summed E-state index contributed by atoms with van der Waals surface area (Å²) in [5.74, 6) is 0.591. The highest BCUT2D eigenvalue weighted by Gasteiger charge is 2.14. The second-order valence-corrected chi connectivity index (χ2v) is 7.48. The van der Waals surface area contributed by atoms with E-state index in [0.29, 0.717) is 37.9 Å². The zero-order valence-corrected chi connectivity index (χ0v) is 16.6. The summed E-state index contributed by atoms with van der Waals surface area (Å²) in [6, 6.07) is 0. The maximum absolute atomic E-state index is 9.45. The minimum Gasteiger partial charge on any atom is -0.396 e. The lowest BCUT2D eigenvalue weighted by molar-refractivity contribution is 0.0675. The molecule has 0 fully saturated rings. The summed E-state index contributed by atoms with van der Waals surface area (Å²) in [4.78, 5) is 0. The van der Waals surface area contributed by atoms with E-state index in [-0.39, 0.29) is 12.2 Å². The van der Waals surface area contributed by atoms with E-state index in [0.717, 1.165) is 25.7 Å². The van der Waals surface area contributed by atoms with Crippen molar-refractivity contribution in [3.63, 3.8) is 0 Å². The number of unbranched alkanes of at least 4 members (excludes halogenated alkanes) is 7. The Morgan fingerprint density at radius 3 is 0.958 bits per heavy atom. The van der Waals surface area contributed by atoms with Gasteiger partial charge < -0.3 is 20.4 Å². The molecule has 4 N–H and O–H groups in total. The predicted molar refractivity (Wildman–Crippen MR) is 102 cm³/mol. The molecule has 2 unspecified atom stereocenters. The Morgan fingerprint density at radius 1 is 0.500 bits per heavy atom. The fourth-order valence-corrected chi connectivity index (χ4v) is 2.29. The number of aliphatic hydroxyl groups is 4. The SMILES string of the molecule is CC(C)C(O)CCC(O)C(C)C.OCCCCCCCCCCO. The van der Waals surface area contributed by atoms with Gasteiger partial charge in [-0.1, -0.05) is 66.2 Å². The number of hydrogen-bond acceptors (Lipinski definition) is 4. The van der Waals surface area contributed by atoms with E-state index >= 15 is 0 Å². The number of aliphatic hydroxyl groups excluding tert-OH is 4. The van der Waals surface area contributed by atoms with Crippen LogP contribution in [0, 0.1) is 11.8 Å². The van der Waals surface area contributed by atoms with Gasteiger partial charge in [0.25, 0.3) is 0 Å². The summed E-state index contributed by atoms with van der Waals surface area (Å²) in [6.45, 7) is 8.65. The van der Waals surface area contributed by atoms with Gasteiger partial charge in [0.1, 0.15) is 0 Å². The Morgan fingerprint density at radius 2 is 0.750 bits per heavy atom. The third-order valence-electron chi connectivity index (χ3n) is 4.36. The molecule has 0 radical (unpaired) electrons. The lowest BCUT2D eigenvalue weighted by atomic mass is 9.96. The second kappa shape index (κ2) is 19.2. The van der Waals surface area contributed by atoms with Crippen LogP contribution < -0.4 is 0 Å². The molecule has 0 saturated heterocycles. The summed E-state index contributed by atoms with van der Waals surface area (Å²) >= 11 is 0. The monoisotopic (exact) mass is 348 g/mol. The van der Waals surface area contributed by atoms with Gasteiger partial charge in [-0.2, -0.15) is 0 Å². The van der Waals surface area contributed by atoms with E-state index in [9.17, 15) is 10.2 Å². The molecular formula is C20H44O4. The lowest BCUT2D eigenvalue weighted by Crippen LogP contribution is -2.20. The van der Waals surface area contributed by atoms with Crippen LogP contribution in [0.15, 0.2) is 0 Å². The van der Waals surface area contributed by atoms with E-state index in [2.05, 4.69) is 0 Å². The van der Waals surface area contributed by atoms with Crippen LogP contribution in [-0.4, -0.2) is 45.8 Å². The summed E-state index contributed by atoms with van der Waals surface area (Å²) in [5.41, 5.74) is 0. The fraction of sp³-hybridized carbons (Fsp3) is 1.00. The van der Waals surface area contributed by atoms with Gasteiger partial charge in [-0.05, 0) is 37.5 Å². The van der Waals surface area contributed by atoms with Crippen molar-refractivity contribution in [1.82, 2.24) is 0 Å². The molecule has 0 amide bonds. The standard InChI is InChI=1S/2C10H22O2/c1-7(2)9(11)5-6-10(12)8(3)4;11-9-7-5-3-1-2-4-6-8-10-12/h7-12H,5-6H2,1-4H3;11-12H,1-10H2. The largest absolute Gasteiger partial charge is 0.396 e. The molecule has 0 saturated carbocycles. The Bertz CT molecular complexity index is 208. The van der Waals surface area contributed by atoms with Crippen LogP contribution in [-0.2, 0) is 0 Å². The number of hydrogen-bond donors (Lipinski definition) is 4. The first kappa shape index (κ1) is 26.1. The van der Waals surface area contributed by atoms with Crippen molar-refractivity contribution in [2.45, 2.75) is 104 Å². The normalized spacial score (nSPS) is 13.8. The molecule has 2 atom stereocenters. The molecule has 0 heterocycles. The minimum atomic E-state index is -0.265. The lowest BCUT2D eigenvalue weighted by Gasteiger charge is -2.18. The van der Waals surface area contributed by atoms with Gasteiger partial charge in [-0.3, -0.25) is 0 Å². The van der Waals surface area contributed by atoms with Gasteiger partial charge in [-0.25, -0.2) is 0 Å². The summed E-state index contributed by atoms with van der Waals surface area (Å²) in [7, 11) is 0. The quantitative estimate of drug-likeness (QED) is 0.359. The van der Waals surface area contributed by atoms with Crippen molar-refractivity contribution in [3.05, 3.63) is 0 Å². The topological polar surface area (TPSA) is 80.9 Å². The molecular weight excluding hydrogens is 304 g/mol. The zero-order valence-electron chi connectivity index (χ0n) is 16.6. The maximum Gasteiger partial charge on any atom is 0.0564 e. The van der Waals surface area contributed by atoms with Gasteiger partial charge in [0.15, 0.2) is 0 Å². The van der Waals surface area contributed by atoms with Crippen molar-refractivity contribution in [2.24, 2.45) is 11.8 Å². The van der Waals surface area contributed by atoms with Crippen molar-refractivity contribution in [3.8, 4) is 0 Å². The highest BCUT2D eigenvalue weighted by molar-refractivity contribution is 4.65. The van der Waals surface area contributed by atoms with Crippen LogP contribution >= 0.6 is 0 Å². The molecule has 4 nitrogen and oxygen atoms in total. The van der Waals surface area contributed by atoms with E-state index in [1.54, 1.807) is 0 Å². The molecule has 0 aromatic rings. The molecule has 0 aliphatic carbocycles.